The average Bonchev–Trinajstić information content (AvgIpc) is 3.00. The number of nitrogens with one attached hydrogen (secondary N) is 1. The third-order valence-corrected chi connectivity index (χ3v) is 3.11. The number of amides is 1. The van der Waals surface area contributed by atoms with E-state index in [1.807, 2.05) is 12.5 Å². The van der Waals surface area contributed by atoms with Crippen LogP contribution in [0.15, 0.2) is 43.2 Å². The molecule has 1 amide bonds. The number of nitrogens with zero attached hydrogens (tertiary/aromatic N) is 3. The third kappa shape index (κ3) is 4.84. The summed E-state index contributed by atoms with van der Waals surface area (Å²) in [6.45, 7) is 1.74. The summed E-state index contributed by atoms with van der Waals surface area (Å²) in [5.74, 6) is -0.0449. The molecule has 0 radical (unpaired) electrons. The summed E-state index contributed by atoms with van der Waals surface area (Å²) in [4.78, 5) is 19.7. The summed E-state index contributed by atoms with van der Waals surface area (Å²) in [6, 6.07) is 3.54. The monoisotopic (exact) mass is 272 g/mol. The zero-order chi connectivity index (χ0) is 14.0. The Morgan fingerprint density at radius 3 is 2.80 bits per heavy atom. The topological polar surface area (TPSA) is 59.8 Å². The van der Waals surface area contributed by atoms with E-state index < -0.39 is 0 Å². The standard InChI is InChI=1S/C15H20N4O/c20-15(14-6-5-7-16-12-14)18-8-3-1-2-4-10-19-11-9-17-13-19/h5-7,9,11-13H,1-4,8,10H2,(H,18,20). The van der Waals surface area contributed by atoms with Crippen LogP contribution >= 0.6 is 0 Å². The highest BCUT2D eigenvalue weighted by atomic mass is 16.1. The third-order valence-electron chi connectivity index (χ3n) is 3.11. The highest BCUT2D eigenvalue weighted by Gasteiger charge is 2.03. The Balaban J connectivity index is 1.50. The molecular formula is C15H20N4O. The summed E-state index contributed by atoms with van der Waals surface area (Å²) in [6.07, 6.45) is 13.3. The van der Waals surface area contributed by atoms with Gasteiger partial charge in [-0.15, -0.1) is 0 Å². The van der Waals surface area contributed by atoms with Gasteiger partial charge in [-0.2, -0.15) is 0 Å². The van der Waals surface area contributed by atoms with Crippen molar-refractivity contribution >= 4 is 5.91 Å². The maximum absolute atomic E-state index is 11.7. The zero-order valence-corrected chi connectivity index (χ0v) is 11.5. The molecule has 0 atom stereocenters. The molecule has 0 spiro atoms. The largest absolute Gasteiger partial charge is 0.352 e. The van der Waals surface area contributed by atoms with Crippen LogP contribution in [0.4, 0.5) is 0 Å². The van der Waals surface area contributed by atoms with Crippen LogP contribution in [0.5, 0.6) is 0 Å². The predicted octanol–water partition coefficient (Wildman–Crippen LogP) is 2.27. The number of hydrogen-bond acceptors (Lipinski definition) is 3. The van der Waals surface area contributed by atoms with Gasteiger partial charge in [0.2, 0.25) is 0 Å². The second-order valence-corrected chi connectivity index (χ2v) is 4.71. The minimum absolute atomic E-state index is 0.0449. The molecule has 5 heteroatoms. The van der Waals surface area contributed by atoms with E-state index in [0.29, 0.717) is 5.56 Å². The highest BCUT2D eigenvalue weighted by Crippen LogP contribution is 2.02. The molecule has 2 rings (SSSR count). The number of hydrogen-bond donors (Lipinski definition) is 1. The molecule has 0 saturated carbocycles. The number of aromatic nitrogens is 3. The molecule has 20 heavy (non-hydrogen) atoms. The molecule has 0 bridgehead atoms. The summed E-state index contributed by atoms with van der Waals surface area (Å²) in [7, 11) is 0. The van der Waals surface area contributed by atoms with Gasteiger partial charge >= 0.3 is 0 Å². The van der Waals surface area contributed by atoms with Crippen LogP contribution in [0.25, 0.3) is 0 Å². The molecule has 0 aliphatic heterocycles. The Morgan fingerprint density at radius 2 is 2.05 bits per heavy atom. The number of rotatable bonds is 8. The second-order valence-electron chi connectivity index (χ2n) is 4.71. The molecule has 2 aromatic heterocycles. The van der Waals surface area contributed by atoms with Crippen molar-refractivity contribution in [1.82, 2.24) is 19.9 Å². The van der Waals surface area contributed by atoms with Crippen molar-refractivity contribution in [2.45, 2.75) is 32.2 Å². The van der Waals surface area contributed by atoms with Crippen LogP contribution in [0, 0.1) is 0 Å². The van der Waals surface area contributed by atoms with Crippen LogP contribution in [0.1, 0.15) is 36.0 Å². The normalized spacial score (nSPS) is 10.4. The lowest BCUT2D eigenvalue weighted by Crippen LogP contribution is -2.24. The summed E-state index contributed by atoms with van der Waals surface area (Å²) in [5.41, 5.74) is 0.618. The molecule has 0 unspecified atom stereocenters. The Morgan fingerprint density at radius 1 is 1.15 bits per heavy atom. The fourth-order valence-electron chi connectivity index (χ4n) is 1.99. The number of imidazole rings is 1. The molecule has 5 nitrogen and oxygen atoms in total. The van der Waals surface area contributed by atoms with Gasteiger partial charge in [0.05, 0.1) is 11.9 Å². The molecule has 106 valence electrons. The maximum Gasteiger partial charge on any atom is 0.252 e. The quantitative estimate of drug-likeness (QED) is 0.750. The smallest absolute Gasteiger partial charge is 0.252 e. The second kappa shape index (κ2) is 8.09. The lowest BCUT2D eigenvalue weighted by atomic mass is 10.2. The van der Waals surface area contributed by atoms with Crippen LogP contribution in [0.3, 0.4) is 0 Å². The number of pyridine rings is 1. The number of carbonyl (C=O) groups excluding carboxylic acids is 1. The van der Waals surface area contributed by atoms with E-state index in [1.54, 1.807) is 30.7 Å². The van der Waals surface area contributed by atoms with E-state index in [-0.39, 0.29) is 5.91 Å². The summed E-state index contributed by atoms with van der Waals surface area (Å²) in [5, 5.41) is 2.91. The van der Waals surface area contributed by atoms with Gasteiger partial charge in [0.1, 0.15) is 0 Å². The van der Waals surface area contributed by atoms with Crippen LogP contribution in [0.2, 0.25) is 0 Å². The Hall–Kier alpha value is -2.17. The first-order valence-corrected chi connectivity index (χ1v) is 7.00. The molecule has 0 aliphatic rings. The highest BCUT2D eigenvalue weighted by molar-refractivity contribution is 5.93. The minimum Gasteiger partial charge on any atom is -0.352 e. The van der Waals surface area contributed by atoms with Crippen LogP contribution in [-0.4, -0.2) is 27.0 Å². The van der Waals surface area contributed by atoms with E-state index in [9.17, 15) is 4.79 Å². The van der Waals surface area contributed by atoms with Crippen molar-refractivity contribution in [3.63, 3.8) is 0 Å². The summed E-state index contributed by atoms with van der Waals surface area (Å²) < 4.78 is 2.09. The van der Waals surface area contributed by atoms with Gasteiger partial charge in [-0.25, -0.2) is 4.98 Å². The van der Waals surface area contributed by atoms with Crippen molar-refractivity contribution in [2.75, 3.05) is 6.54 Å². The Kier molecular flexibility index (Phi) is 5.76. The Bertz CT molecular complexity index is 496. The maximum atomic E-state index is 11.7. The fourth-order valence-corrected chi connectivity index (χ4v) is 1.99. The fraction of sp³-hybridized carbons (Fsp3) is 0.400. The van der Waals surface area contributed by atoms with Gasteiger partial charge in [0.15, 0.2) is 0 Å². The van der Waals surface area contributed by atoms with Crippen LogP contribution in [-0.2, 0) is 6.54 Å². The van der Waals surface area contributed by atoms with Crippen molar-refractivity contribution < 1.29 is 4.79 Å². The van der Waals surface area contributed by atoms with E-state index >= 15 is 0 Å². The zero-order valence-electron chi connectivity index (χ0n) is 11.5. The molecule has 0 aliphatic carbocycles. The first kappa shape index (κ1) is 14.2. The van der Waals surface area contributed by atoms with Crippen molar-refractivity contribution in [3.8, 4) is 0 Å². The van der Waals surface area contributed by atoms with Gasteiger partial charge in [-0.3, -0.25) is 9.78 Å². The number of aryl methyl sites for hydroxylation is 1. The van der Waals surface area contributed by atoms with Crippen LogP contribution < -0.4 is 5.32 Å². The lowest BCUT2D eigenvalue weighted by Gasteiger charge is -2.05. The van der Waals surface area contributed by atoms with Gasteiger partial charge in [-0.05, 0) is 25.0 Å². The first-order valence-electron chi connectivity index (χ1n) is 7.00. The van der Waals surface area contributed by atoms with E-state index in [2.05, 4.69) is 19.9 Å². The molecule has 0 aromatic carbocycles. The first-order chi connectivity index (χ1) is 9.86. The van der Waals surface area contributed by atoms with E-state index in [4.69, 9.17) is 0 Å². The minimum atomic E-state index is -0.0449. The van der Waals surface area contributed by atoms with Crippen molar-refractivity contribution in [3.05, 3.63) is 48.8 Å². The molecule has 2 aromatic rings. The van der Waals surface area contributed by atoms with Gasteiger partial charge in [0.25, 0.3) is 5.91 Å². The SMILES string of the molecule is O=C(NCCCCCCn1ccnc1)c1cccnc1. The van der Waals surface area contributed by atoms with E-state index in [0.717, 1.165) is 32.4 Å². The predicted molar refractivity (Wildman–Crippen MR) is 77.3 cm³/mol. The summed E-state index contributed by atoms with van der Waals surface area (Å²) >= 11 is 0. The molecule has 2 heterocycles. The van der Waals surface area contributed by atoms with Gasteiger partial charge in [0, 0.05) is 37.9 Å². The average molecular weight is 272 g/mol. The lowest BCUT2D eigenvalue weighted by molar-refractivity contribution is 0.0952. The van der Waals surface area contributed by atoms with Crippen molar-refractivity contribution in [1.29, 1.82) is 0 Å². The van der Waals surface area contributed by atoms with E-state index in [1.165, 1.54) is 6.42 Å². The van der Waals surface area contributed by atoms with Gasteiger partial charge < -0.3 is 9.88 Å². The van der Waals surface area contributed by atoms with Gasteiger partial charge in [-0.1, -0.05) is 12.8 Å². The number of carbonyl (C=O) groups is 1. The molecule has 0 fully saturated rings. The molecular weight excluding hydrogens is 252 g/mol. The Labute approximate surface area is 119 Å². The number of unbranched alkanes of at least 4 members (excludes halogenated alkanes) is 3. The molecule has 0 saturated heterocycles. The molecule has 1 N–H and O–H groups in total. The van der Waals surface area contributed by atoms with Crippen molar-refractivity contribution in [2.24, 2.45) is 0 Å².